The lowest BCUT2D eigenvalue weighted by Crippen LogP contribution is -2.40. The van der Waals surface area contributed by atoms with Gasteiger partial charge in [-0.25, -0.2) is 8.42 Å². The molecule has 0 spiro atoms. The molecule has 7 nitrogen and oxygen atoms in total. The van der Waals surface area contributed by atoms with Crippen LogP contribution in [0.4, 0.5) is 0 Å². The van der Waals surface area contributed by atoms with Gasteiger partial charge in [0.2, 0.25) is 10.0 Å². The second-order valence-corrected chi connectivity index (χ2v) is 5.77. The lowest BCUT2D eigenvalue weighted by molar-refractivity contribution is -0.139. The number of aliphatic carboxylic acids is 2. The van der Waals surface area contributed by atoms with Gasteiger partial charge in [-0.2, -0.15) is 4.31 Å². The second-order valence-electron chi connectivity index (χ2n) is 3.80. The van der Waals surface area contributed by atoms with Gasteiger partial charge in [-0.1, -0.05) is 30.3 Å². The van der Waals surface area contributed by atoms with E-state index in [0.29, 0.717) is 9.87 Å². The molecule has 0 amide bonds. The highest BCUT2D eigenvalue weighted by atomic mass is 32.2. The third-order valence-corrected chi connectivity index (χ3v) is 3.95. The van der Waals surface area contributed by atoms with E-state index in [1.165, 1.54) is 0 Å². The van der Waals surface area contributed by atoms with Crippen molar-refractivity contribution in [2.45, 2.75) is 5.75 Å². The predicted octanol–water partition coefficient (Wildman–Crippen LogP) is -0.0124. The van der Waals surface area contributed by atoms with Gasteiger partial charge in [0, 0.05) is 0 Å². The molecule has 1 aromatic rings. The van der Waals surface area contributed by atoms with Crippen molar-refractivity contribution in [3.05, 3.63) is 35.9 Å². The van der Waals surface area contributed by atoms with E-state index < -0.39 is 40.8 Å². The number of benzene rings is 1. The first-order valence-electron chi connectivity index (χ1n) is 5.26. The molecule has 1 aromatic carbocycles. The van der Waals surface area contributed by atoms with Gasteiger partial charge >= 0.3 is 11.9 Å². The molecule has 1 rings (SSSR count). The maximum atomic E-state index is 12.0. The van der Waals surface area contributed by atoms with Crippen molar-refractivity contribution < 1.29 is 28.2 Å². The van der Waals surface area contributed by atoms with E-state index in [9.17, 15) is 18.0 Å². The first-order valence-corrected chi connectivity index (χ1v) is 6.87. The maximum Gasteiger partial charge on any atom is 0.318 e. The average Bonchev–Trinajstić information content (AvgIpc) is 2.27. The number of carbonyl (C=O) groups is 2. The summed E-state index contributed by atoms with van der Waals surface area (Å²) in [6.45, 7) is -1.75. The standard InChI is InChI=1S/C11H13NO6S/c13-10(14)6-12(7-11(15)16)19(17,18)8-9-4-2-1-3-5-9/h1-5H,6-8H2,(H,13,14)(H,15,16). The van der Waals surface area contributed by atoms with E-state index in [-0.39, 0.29) is 0 Å². The molecule has 0 aliphatic rings. The van der Waals surface area contributed by atoms with Crippen LogP contribution in [-0.4, -0.2) is 48.0 Å². The zero-order valence-electron chi connectivity index (χ0n) is 9.89. The first kappa shape index (κ1) is 15.1. The van der Waals surface area contributed by atoms with Gasteiger partial charge < -0.3 is 10.2 Å². The molecular formula is C11H13NO6S. The molecular weight excluding hydrogens is 274 g/mol. The number of hydrogen-bond acceptors (Lipinski definition) is 4. The molecule has 8 heteroatoms. The molecule has 0 bridgehead atoms. The van der Waals surface area contributed by atoms with Crippen molar-refractivity contribution in [2.75, 3.05) is 13.1 Å². The summed E-state index contributed by atoms with van der Waals surface area (Å²) >= 11 is 0. The van der Waals surface area contributed by atoms with Crippen LogP contribution >= 0.6 is 0 Å². The lowest BCUT2D eigenvalue weighted by atomic mass is 10.2. The van der Waals surface area contributed by atoms with E-state index >= 15 is 0 Å². The number of rotatable bonds is 7. The Bertz CT molecular complexity index is 538. The molecule has 0 aliphatic heterocycles. The van der Waals surface area contributed by atoms with Crippen molar-refractivity contribution in [1.82, 2.24) is 4.31 Å². The van der Waals surface area contributed by atoms with Gasteiger partial charge in [0.15, 0.2) is 0 Å². The molecule has 2 N–H and O–H groups in total. The average molecular weight is 287 g/mol. The summed E-state index contributed by atoms with van der Waals surface area (Å²) in [6.07, 6.45) is 0. The van der Waals surface area contributed by atoms with Crippen LogP contribution in [0.2, 0.25) is 0 Å². The van der Waals surface area contributed by atoms with Crippen LogP contribution in [0.5, 0.6) is 0 Å². The molecule has 0 aromatic heterocycles. The van der Waals surface area contributed by atoms with Gasteiger partial charge in [0.1, 0.15) is 13.1 Å². The van der Waals surface area contributed by atoms with Crippen molar-refractivity contribution in [3.63, 3.8) is 0 Å². The largest absolute Gasteiger partial charge is 0.480 e. The van der Waals surface area contributed by atoms with Crippen LogP contribution in [0.1, 0.15) is 5.56 Å². The van der Waals surface area contributed by atoms with E-state index in [4.69, 9.17) is 10.2 Å². The Kier molecular flexibility index (Phi) is 5.02. The van der Waals surface area contributed by atoms with Crippen molar-refractivity contribution in [3.8, 4) is 0 Å². The SMILES string of the molecule is O=C(O)CN(CC(=O)O)S(=O)(=O)Cc1ccccc1. The van der Waals surface area contributed by atoms with E-state index in [0.717, 1.165) is 0 Å². The number of sulfonamides is 1. The fourth-order valence-electron chi connectivity index (χ4n) is 1.43. The van der Waals surface area contributed by atoms with Gasteiger partial charge in [-0.15, -0.1) is 0 Å². The molecule has 0 heterocycles. The Morgan fingerprint density at radius 2 is 1.47 bits per heavy atom. The second kappa shape index (κ2) is 6.30. The number of nitrogens with zero attached hydrogens (tertiary/aromatic N) is 1. The third-order valence-electron chi connectivity index (χ3n) is 2.21. The predicted molar refractivity (Wildman–Crippen MR) is 65.9 cm³/mol. The monoisotopic (exact) mass is 287 g/mol. The Hall–Kier alpha value is -1.93. The molecule has 0 saturated carbocycles. The highest BCUT2D eigenvalue weighted by Gasteiger charge is 2.26. The van der Waals surface area contributed by atoms with Gasteiger partial charge in [0.05, 0.1) is 5.75 Å². The highest BCUT2D eigenvalue weighted by Crippen LogP contribution is 2.10. The van der Waals surface area contributed by atoms with Gasteiger partial charge in [-0.05, 0) is 5.56 Å². The zero-order chi connectivity index (χ0) is 14.5. The minimum Gasteiger partial charge on any atom is -0.480 e. The van der Waals surface area contributed by atoms with Gasteiger partial charge in [-0.3, -0.25) is 9.59 Å². The summed E-state index contributed by atoms with van der Waals surface area (Å²) < 4.78 is 24.4. The van der Waals surface area contributed by atoms with Crippen LogP contribution in [0.15, 0.2) is 30.3 Å². The number of hydrogen-bond donors (Lipinski definition) is 2. The summed E-state index contributed by atoms with van der Waals surface area (Å²) in [5.74, 6) is -3.25. The summed E-state index contributed by atoms with van der Waals surface area (Å²) in [5, 5.41) is 17.3. The Morgan fingerprint density at radius 3 is 1.89 bits per heavy atom. The first-order chi connectivity index (χ1) is 8.81. The molecule has 0 unspecified atom stereocenters. The number of carboxylic acids is 2. The molecule has 0 radical (unpaired) electrons. The minimum absolute atomic E-state index is 0.435. The zero-order valence-corrected chi connectivity index (χ0v) is 10.7. The van der Waals surface area contributed by atoms with Crippen LogP contribution in [0, 0.1) is 0 Å². The molecule has 104 valence electrons. The van der Waals surface area contributed by atoms with E-state index in [1.54, 1.807) is 30.3 Å². The quantitative estimate of drug-likeness (QED) is 0.729. The van der Waals surface area contributed by atoms with E-state index in [2.05, 4.69) is 0 Å². The molecule has 0 fully saturated rings. The molecule has 0 aliphatic carbocycles. The van der Waals surface area contributed by atoms with Crippen molar-refractivity contribution >= 4 is 22.0 Å². The summed E-state index contributed by atoms with van der Waals surface area (Å²) in [5.41, 5.74) is 0.461. The smallest absolute Gasteiger partial charge is 0.318 e. The third kappa shape index (κ3) is 5.06. The van der Waals surface area contributed by atoms with Crippen LogP contribution in [0.25, 0.3) is 0 Å². The van der Waals surface area contributed by atoms with E-state index in [1.807, 2.05) is 0 Å². The summed E-state index contributed by atoms with van der Waals surface area (Å²) in [4.78, 5) is 21.2. The minimum atomic E-state index is -3.99. The fraction of sp³-hybridized carbons (Fsp3) is 0.273. The van der Waals surface area contributed by atoms with Crippen molar-refractivity contribution in [1.29, 1.82) is 0 Å². The van der Waals surface area contributed by atoms with Gasteiger partial charge in [0.25, 0.3) is 0 Å². The maximum absolute atomic E-state index is 12.0. The summed E-state index contributed by atoms with van der Waals surface area (Å²) in [7, 11) is -3.99. The van der Waals surface area contributed by atoms with Crippen molar-refractivity contribution in [2.24, 2.45) is 0 Å². The number of carboxylic acid groups (broad SMARTS) is 2. The normalized spacial score (nSPS) is 11.4. The fourth-order valence-corrected chi connectivity index (χ4v) is 2.84. The Balaban J connectivity index is 2.92. The Morgan fingerprint density at radius 1 is 1.00 bits per heavy atom. The Labute approximate surface area is 110 Å². The lowest BCUT2D eigenvalue weighted by Gasteiger charge is -2.18. The highest BCUT2D eigenvalue weighted by molar-refractivity contribution is 7.88. The molecule has 19 heavy (non-hydrogen) atoms. The van der Waals surface area contributed by atoms with Crippen LogP contribution in [0.3, 0.4) is 0 Å². The molecule has 0 atom stereocenters. The summed E-state index contributed by atoms with van der Waals surface area (Å²) in [6, 6.07) is 8.13. The molecule has 0 saturated heterocycles. The van der Waals surface area contributed by atoms with Crippen LogP contribution < -0.4 is 0 Å². The topological polar surface area (TPSA) is 112 Å². The van der Waals surface area contributed by atoms with Crippen LogP contribution in [-0.2, 0) is 25.4 Å².